The van der Waals surface area contributed by atoms with Gasteiger partial charge in [0, 0.05) is 13.2 Å². The van der Waals surface area contributed by atoms with E-state index in [-0.39, 0.29) is 5.48 Å². The van der Waals surface area contributed by atoms with E-state index in [1.165, 1.54) is 89.9 Å². The summed E-state index contributed by atoms with van der Waals surface area (Å²) in [5.41, 5.74) is 0. The molecular weight excluding hydrogens is 272 g/mol. The fourth-order valence-electron chi connectivity index (χ4n) is 2.42. The standard InChI is InChI=1S/C18H38O.C2H4.H2O/c1-3-5-7-9-11-13-15-17-19-18-16-14-12-10-8-6-4-2;1-2;/h3-18H2,1-2H3;1-2H2;1H2. The van der Waals surface area contributed by atoms with Crippen LogP contribution >= 0.6 is 0 Å². The molecule has 22 heavy (non-hydrogen) atoms. The van der Waals surface area contributed by atoms with Gasteiger partial charge in [-0.1, -0.05) is 90.9 Å². The molecule has 2 heteroatoms. The average Bonchev–Trinajstić information content (AvgIpc) is 2.53. The molecule has 0 aliphatic heterocycles. The molecule has 0 saturated carbocycles. The maximum Gasteiger partial charge on any atom is 0.0466 e. The predicted octanol–water partition coefficient (Wildman–Crippen LogP) is 6.48. The van der Waals surface area contributed by atoms with Crippen molar-refractivity contribution in [2.45, 2.75) is 104 Å². The lowest BCUT2D eigenvalue weighted by molar-refractivity contribution is 0.125. The van der Waals surface area contributed by atoms with Crippen molar-refractivity contribution in [3.05, 3.63) is 13.2 Å². The summed E-state index contributed by atoms with van der Waals surface area (Å²) in [6.07, 6.45) is 19.3. The summed E-state index contributed by atoms with van der Waals surface area (Å²) in [6.45, 7) is 12.5. The van der Waals surface area contributed by atoms with Gasteiger partial charge in [-0.05, 0) is 12.8 Å². The highest BCUT2D eigenvalue weighted by Gasteiger charge is 1.93. The quantitative estimate of drug-likeness (QED) is 0.237. The zero-order chi connectivity index (χ0) is 16.0. The van der Waals surface area contributed by atoms with Crippen LogP contribution in [0.2, 0.25) is 0 Å². The summed E-state index contributed by atoms with van der Waals surface area (Å²) in [5.74, 6) is 0. The van der Waals surface area contributed by atoms with E-state index in [2.05, 4.69) is 27.0 Å². The lowest BCUT2D eigenvalue weighted by Gasteiger charge is -2.04. The van der Waals surface area contributed by atoms with Gasteiger partial charge in [0.25, 0.3) is 0 Å². The lowest BCUT2D eigenvalue weighted by atomic mass is 10.1. The van der Waals surface area contributed by atoms with E-state index in [1.54, 1.807) is 0 Å². The molecular formula is C20H44O2. The number of ether oxygens (including phenoxy) is 1. The Hall–Kier alpha value is -0.340. The van der Waals surface area contributed by atoms with Crippen LogP contribution in [-0.2, 0) is 4.74 Å². The summed E-state index contributed by atoms with van der Waals surface area (Å²) in [6, 6.07) is 0. The first-order chi connectivity index (χ1) is 10.4. The van der Waals surface area contributed by atoms with Crippen molar-refractivity contribution in [3.8, 4) is 0 Å². The van der Waals surface area contributed by atoms with Gasteiger partial charge >= 0.3 is 0 Å². The Morgan fingerprint density at radius 1 is 0.500 bits per heavy atom. The molecule has 0 unspecified atom stereocenters. The van der Waals surface area contributed by atoms with E-state index in [4.69, 9.17) is 4.74 Å². The minimum atomic E-state index is 0. The maximum absolute atomic E-state index is 5.69. The molecule has 0 aromatic carbocycles. The van der Waals surface area contributed by atoms with Gasteiger partial charge in [-0.15, -0.1) is 13.2 Å². The number of hydrogen-bond acceptors (Lipinski definition) is 1. The molecule has 0 heterocycles. The average molecular weight is 317 g/mol. The minimum absolute atomic E-state index is 0. The first-order valence-electron chi connectivity index (χ1n) is 9.49. The zero-order valence-electron chi connectivity index (χ0n) is 15.6. The SMILES string of the molecule is C=C.CCCCCCCCCOCCCCCCCCC.O. The third-order valence-corrected chi connectivity index (χ3v) is 3.78. The van der Waals surface area contributed by atoms with Gasteiger partial charge in [0.05, 0.1) is 0 Å². The Morgan fingerprint density at radius 2 is 0.773 bits per heavy atom. The number of unbranched alkanes of at least 4 members (excludes halogenated alkanes) is 12. The highest BCUT2D eigenvalue weighted by molar-refractivity contribution is 4.46. The predicted molar refractivity (Wildman–Crippen MR) is 102 cm³/mol. The largest absolute Gasteiger partial charge is 0.412 e. The molecule has 0 saturated heterocycles. The van der Waals surface area contributed by atoms with Crippen LogP contribution in [0, 0.1) is 0 Å². The molecule has 0 amide bonds. The first-order valence-corrected chi connectivity index (χ1v) is 9.49. The molecule has 2 N–H and O–H groups in total. The van der Waals surface area contributed by atoms with E-state index < -0.39 is 0 Å². The summed E-state index contributed by atoms with van der Waals surface area (Å²) >= 11 is 0. The van der Waals surface area contributed by atoms with Gasteiger partial charge in [-0.2, -0.15) is 0 Å². The van der Waals surface area contributed by atoms with Gasteiger partial charge in [0.15, 0.2) is 0 Å². The highest BCUT2D eigenvalue weighted by Crippen LogP contribution is 2.08. The topological polar surface area (TPSA) is 40.7 Å². The molecule has 0 atom stereocenters. The van der Waals surface area contributed by atoms with Gasteiger partial charge in [0.1, 0.15) is 0 Å². The van der Waals surface area contributed by atoms with Crippen LogP contribution in [0.25, 0.3) is 0 Å². The zero-order valence-corrected chi connectivity index (χ0v) is 15.6. The Bertz CT molecular complexity index is 144. The molecule has 0 spiro atoms. The van der Waals surface area contributed by atoms with E-state index in [1.807, 2.05) is 0 Å². The maximum atomic E-state index is 5.69. The molecule has 0 rings (SSSR count). The third kappa shape index (κ3) is 27.9. The van der Waals surface area contributed by atoms with Crippen molar-refractivity contribution in [2.75, 3.05) is 13.2 Å². The second kappa shape index (κ2) is 28.8. The third-order valence-electron chi connectivity index (χ3n) is 3.78. The van der Waals surface area contributed by atoms with Crippen molar-refractivity contribution < 1.29 is 10.2 Å². The molecule has 0 aliphatic rings. The van der Waals surface area contributed by atoms with E-state index >= 15 is 0 Å². The second-order valence-electron chi connectivity index (χ2n) is 5.86. The molecule has 0 aliphatic carbocycles. The molecule has 0 aromatic heterocycles. The van der Waals surface area contributed by atoms with E-state index in [9.17, 15) is 0 Å². The summed E-state index contributed by atoms with van der Waals surface area (Å²) in [5, 5.41) is 0. The van der Waals surface area contributed by atoms with Crippen molar-refractivity contribution in [2.24, 2.45) is 0 Å². The lowest BCUT2D eigenvalue weighted by Crippen LogP contribution is -1.97. The van der Waals surface area contributed by atoms with E-state index in [0.717, 1.165) is 13.2 Å². The molecule has 136 valence electrons. The van der Waals surface area contributed by atoms with Crippen LogP contribution in [-0.4, -0.2) is 18.7 Å². The first kappa shape index (κ1) is 26.6. The summed E-state index contributed by atoms with van der Waals surface area (Å²) < 4.78 is 5.69. The fourth-order valence-corrected chi connectivity index (χ4v) is 2.42. The van der Waals surface area contributed by atoms with Crippen LogP contribution in [0.4, 0.5) is 0 Å². The van der Waals surface area contributed by atoms with Crippen molar-refractivity contribution in [1.29, 1.82) is 0 Å². The molecule has 2 nitrogen and oxygen atoms in total. The van der Waals surface area contributed by atoms with Crippen LogP contribution < -0.4 is 0 Å². The van der Waals surface area contributed by atoms with Crippen molar-refractivity contribution in [1.82, 2.24) is 0 Å². The Kier molecular flexibility index (Phi) is 34.7. The highest BCUT2D eigenvalue weighted by atomic mass is 16.5. The van der Waals surface area contributed by atoms with Gasteiger partial charge in [-0.25, -0.2) is 0 Å². The second-order valence-corrected chi connectivity index (χ2v) is 5.86. The van der Waals surface area contributed by atoms with Crippen molar-refractivity contribution in [3.63, 3.8) is 0 Å². The molecule has 0 bridgehead atoms. The van der Waals surface area contributed by atoms with Gasteiger partial charge in [0.2, 0.25) is 0 Å². The number of rotatable bonds is 16. The summed E-state index contributed by atoms with van der Waals surface area (Å²) in [7, 11) is 0. The van der Waals surface area contributed by atoms with Crippen LogP contribution in [0.3, 0.4) is 0 Å². The Balaban J connectivity index is -0.00000115. The van der Waals surface area contributed by atoms with Crippen molar-refractivity contribution >= 4 is 0 Å². The smallest absolute Gasteiger partial charge is 0.0466 e. The summed E-state index contributed by atoms with van der Waals surface area (Å²) in [4.78, 5) is 0. The van der Waals surface area contributed by atoms with E-state index in [0.29, 0.717) is 0 Å². The molecule has 0 aromatic rings. The van der Waals surface area contributed by atoms with Crippen LogP contribution in [0.1, 0.15) is 104 Å². The Labute approximate surface area is 141 Å². The van der Waals surface area contributed by atoms with Crippen LogP contribution in [0.5, 0.6) is 0 Å². The Morgan fingerprint density at radius 3 is 1.09 bits per heavy atom. The normalized spacial score (nSPS) is 9.73. The molecule has 0 fully saturated rings. The van der Waals surface area contributed by atoms with Crippen LogP contribution in [0.15, 0.2) is 13.2 Å². The fraction of sp³-hybridized carbons (Fsp3) is 0.900. The monoisotopic (exact) mass is 316 g/mol. The molecule has 0 radical (unpaired) electrons. The van der Waals surface area contributed by atoms with Gasteiger partial charge < -0.3 is 10.2 Å². The van der Waals surface area contributed by atoms with Gasteiger partial charge in [-0.3, -0.25) is 0 Å². The minimum Gasteiger partial charge on any atom is -0.412 e. The number of hydrogen-bond donors (Lipinski definition) is 0.